The van der Waals surface area contributed by atoms with E-state index in [2.05, 4.69) is 29.7 Å². The summed E-state index contributed by atoms with van der Waals surface area (Å²) in [7, 11) is 0. The predicted octanol–water partition coefficient (Wildman–Crippen LogP) is 3.20. The van der Waals surface area contributed by atoms with E-state index >= 15 is 0 Å². The van der Waals surface area contributed by atoms with Crippen LogP contribution in [-0.2, 0) is 0 Å². The SMILES string of the molecule is Cc1ccc(NCC2CCCCN2)c(Cl)c1. The summed E-state index contributed by atoms with van der Waals surface area (Å²) in [4.78, 5) is 0. The Morgan fingerprint density at radius 2 is 2.31 bits per heavy atom. The first kappa shape index (κ1) is 11.7. The minimum absolute atomic E-state index is 0.589. The maximum atomic E-state index is 6.16. The number of hydrogen-bond donors (Lipinski definition) is 2. The van der Waals surface area contributed by atoms with Crippen molar-refractivity contribution in [3.63, 3.8) is 0 Å². The number of anilines is 1. The Bertz CT molecular complexity index is 346. The number of hydrogen-bond acceptors (Lipinski definition) is 2. The van der Waals surface area contributed by atoms with Crippen molar-refractivity contribution in [2.45, 2.75) is 32.2 Å². The van der Waals surface area contributed by atoms with Crippen molar-refractivity contribution in [1.82, 2.24) is 5.32 Å². The van der Waals surface area contributed by atoms with Gasteiger partial charge in [-0.1, -0.05) is 24.1 Å². The number of halogens is 1. The maximum absolute atomic E-state index is 6.16. The van der Waals surface area contributed by atoms with Crippen molar-refractivity contribution in [2.24, 2.45) is 0 Å². The van der Waals surface area contributed by atoms with Crippen LogP contribution >= 0.6 is 11.6 Å². The van der Waals surface area contributed by atoms with Crippen molar-refractivity contribution < 1.29 is 0 Å². The van der Waals surface area contributed by atoms with E-state index in [1.807, 2.05) is 6.07 Å². The van der Waals surface area contributed by atoms with Crippen LogP contribution in [0.3, 0.4) is 0 Å². The summed E-state index contributed by atoms with van der Waals surface area (Å²) in [6.07, 6.45) is 3.90. The van der Waals surface area contributed by atoms with E-state index in [-0.39, 0.29) is 0 Å². The first-order chi connectivity index (χ1) is 7.75. The Hall–Kier alpha value is -0.730. The van der Waals surface area contributed by atoms with Gasteiger partial charge in [-0.3, -0.25) is 0 Å². The van der Waals surface area contributed by atoms with Gasteiger partial charge in [-0.05, 0) is 44.0 Å². The molecule has 2 rings (SSSR count). The lowest BCUT2D eigenvalue weighted by atomic mass is 10.1. The molecule has 0 amide bonds. The molecular weight excluding hydrogens is 220 g/mol. The summed E-state index contributed by atoms with van der Waals surface area (Å²) in [5, 5.41) is 7.75. The highest BCUT2D eigenvalue weighted by Crippen LogP contribution is 2.22. The van der Waals surface area contributed by atoms with Crippen LogP contribution in [0.4, 0.5) is 5.69 Å². The molecule has 1 aromatic carbocycles. The lowest BCUT2D eigenvalue weighted by Gasteiger charge is -2.24. The summed E-state index contributed by atoms with van der Waals surface area (Å²) < 4.78 is 0. The summed E-state index contributed by atoms with van der Waals surface area (Å²) >= 11 is 6.16. The number of benzene rings is 1. The topological polar surface area (TPSA) is 24.1 Å². The van der Waals surface area contributed by atoms with E-state index in [0.717, 1.165) is 23.8 Å². The van der Waals surface area contributed by atoms with Crippen molar-refractivity contribution in [2.75, 3.05) is 18.4 Å². The van der Waals surface area contributed by atoms with E-state index < -0.39 is 0 Å². The second-order valence-corrected chi connectivity index (χ2v) is 4.92. The van der Waals surface area contributed by atoms with E-state index in [9.17, 15) is 0 Å². The first-order valence-corrected chi connectivity index (χ1v) is 6.37. The fraction of sp³-hybridized carbons (Fsp3) is 0.538. The molecule has 1 aliphatic rings. The molecule has 1 heterocycles. The highest BCUT2D eigenvalue weighted by atomic mass is 35.5. The van der Waals surface area contributed by atoms with Crippen LogP contribution in [0.15, 0.2) is 18.2 Å². The van der Waals surface area contributed by atoms with Crippen molar-refractivity contribution in [3.05, 3.63) is 28.8 Å². The second-order valence-electron chi connectivity index (χ2n) is 4.51. The van der Waals surface area contributed by atoms with Gasteiger partial charge in [0.25, 0.3) is 0 Å². The molecular formula is C13H19ClN2. The van der Waals surface area contributed by atoms with Gasteiger partial charge in [0.1, 0.15) is 0 Å². The average molecular weight is 239 g/mol. The zero-order chi connectivity index (χ0) is 11.4. The molecule has 2 nitrogen and oxygen atoms in total. The van der Waals surface area contributed by atoms with Gasteiger partial charge < -0.3 is 10.6 Å². The van der Waals surface area contributed by atoms with E-state index in [4.69, 9.17) is 11.6 Å². The Morgan fingerprint density at radius 1 is 1.44 bits per heavy atom. The molecule has 0 spiro atoms. The van der Waals surface area contributed by atoms with Crippen LogP contribution in [0, 0.1) is 6.92 Å². The minimum atomic E-state index is 0.589. The third-order valence-electron chi connectivity index (χ3n) is 3.08. The van der Waals surface area contributed by atoms with Crippen molar-refractivity contribution in [1.29, 1.82) is 0 Å². The molecule has 16 heavy (non-hydrogen) atoms. The number of rotatable bonds is 3. The molecule has 88 valence electrons. The summed E-state index contributed by atoms with van der Waals surface area (Å²) in [6.45, 7) is 4.16. The molecule has 1 aromatic rings. The van der Waals surface area contributed by atoms with Gasteiger partial charge in [-0.15, -0.1) is 0 Å². The van der Waals surface area contributed by atoms with Gasteiger partial charge in [0.15, 0.2) is 0 Å². The quantitative estimate of drug-likeness (QED) is 0.845. The Morgan fingerprint density at radius 3 is 3.00 bits per heavy atom. The molecule has 3 heteroatoms. The Balaban J connectivity index is 1.88. The molecule has 1 unspecified atom stereocenters. The first-order valence-electron chi connectivity index (χ1n) is 5.99. The predicted molar refractivity (Wildman–Crippen MR) is 70.3 cm³/mol. The van der Waals surface area contributed by atoms with Crippen LogP contribution in [0.2, 0.25) is 5.02 Å². The molecule has 1 atom stereocenters. The van der Waals surface area contributed by atoms with E-state index in [1.165, 1.54) is 24.8 Å². The van der Waals surface area contributed by atoms with Crippen LogP contribution < -0.4 is 10.6 Å². The van der Waals surface area contributed by atoms with E-state index in [0.29, 0.717) is 6.04 Å². The Labute approximate surface area is 102 Å². The number of piperidine rings is 1. The van der Waals surface area contributed by atoms with E-state index in [1.54, 1.807) is 0 Å². The molecule has 1 fully saturated rings. The zero-order valence-electron chi connectivity index (χ0n) is 9.72. The van der Waals surface area contributed by atoms with Gasteiger partial charge in [-0.2, -0.15) is 0 Å². The third kappa shape index (κ3) is 3.13. The fourth-order valence-electron chi connectivity index (χ4n) is 2.09. The highest BCUT2D eigenvalue weighted by molar-refractivity contribution is 6.33. The van der Waals surface area contributed by atoms with Gasteiger partial charge in [0, 0.05) is 12.6 Å². The summed E-state index contributed by atoms with van der Waals surface area (Å²) in [5.41, 5.74) is 2.24. The van der Waals surface area contributed by atoms with Gasteiger partial charge in [-0.25, -0.2) is 0 Å². The second kappa shape index (κ2) is 5.55. The fourth-order valence-corrected chi connectivity index (χ4v) is 2.40. The Kier molecular flexibility index (Phi) is 4.08. The minimum Gasteiger partial charge on any atom is -0.382 e. The molecule has 0 radical (unpaired) electrons. The molecule has 0 bridgehead atoms. The molecule has 0 aliphatic carbocycles. The van der Waals surface area contributed by atoms with Crippen LogP contribution in [0.1, 0.15) is 24.8 Å². The summed E-state index contributed by atoms with van der Waals surface area (Å²) in [6, 6.07) is 6.73. The number of aryl methyl sites for hydroxylation is 1. The summed E-state index contributed by atoms with van der Waals surface area (Å²) in [5.74, 6) is 0. The largest absolute Gasteiger partial charge is 0.382 e. The van der Waals surface area contributed by atoms with Crippen LogP contribution in [0.25, 0.3) is 0 Å². The van der Waals surface area contributed by atoms with Crippen LogP contribution in [0.5, 0.6) is 0 Å². The average Bonchev–Trinajstić information content (AvgIpc) is 2.29. The molecule has 1 saturated heterocycles. The molecule has 0 aromatic heterocycles. The van der Waals surface area contributed by atoms with Gasteiger partial charge in [0.2, 0.25) is 0 Å². The van der Waals surface area contributed by atoms with Crippen molar-refractivity contribution in [3.8, 4) is 0 Å². The third-order valence-corrected chi connectivity index (χ3v) is 3.39. The zero-order valence-corrected chi connectivity index (χ0v) is 10.5. The molecule has 2 N–H and O–H groups in total. The van der Waals surface area contributed by atoms with Crippen molar-refractivity contribution >= 4 is 17.3 Å². The van der Waals surface area contributed by atoms with Gasteiger partial charge >= 0.3 is 0 Å². The molecule has 1 aliphatic heterocycles. The molecule has 0 saturated carbocycles. The maximum Gasteiger partial charge on any atom is 0.0640 e. The lowest BCUT2D eigenvalue weighted by molar-refractivity contribution is 0.414. The lowest BCUT2D eigenvalue weighted by Crippen LogP contribution is -2.39. The smallest absolute Gasteiger partial charge is 0.0640 e. The monoisotopic (exact) mass is 238 g/mol. The van der Waals surface area contributed by atoms with Crippen LogP contribution in [-0.4, -0.2) is 19.1 Å². The van der Waals surface area contributed by atoms with Gasteiger partial charge in [0.05, 0.1) is 10.7 Å². The normalized spacial score (nSPS) is 20.8. The standard InChI is InChI=1S/C13H19ClN2/c1-10-5-6-13(12(14)8-10)16-9-11-4-2-3-7-15-11/h5-6,8,11,15-16H,2-4,7,9H2,1H3. The number of nitrogens with one attached hydrogen (secondary N) is 2. The highest BCUT2D eigenvalue weighted by Gasteiger charge is 2.12.